The van der Waals surface area contributed by atoms with E-state index in [1.807, 2.05) is 18.3 Å². The van der Waals surface area contributed by atoms with Gasteiger partial charge in [0.2, 0.25) is 0 Å². The molecule has 164 valence electrons. The largest absolute Gasteiger partial charge is 0.256 e. The molecule has 0 amide bonds. The van der Waals surface area contributed by atoms with Crippen molar-refractivity contribution in [2.24, 2.45) is 4.99 Å². The lowest BCUT2D eigenvalue weighted by atomic mass is 9.84. The first-order valence-electron chi connectivity index (χ1n) is 11.5. The van der Waals surface area contributed by atoms with E-state index in [1.165, 1.54) is 16.7 Å². The second kappa shape index (κ2) is 10.3. The second-order valence-electron chi connectivity index (χ2n) is 9.31. The molecule has 0 aliphatic heterocycles. The zero-order valence-electron chi connectivity index (χ0n) is 19.6. The predicted molar refractivity (Wildman–Crippen MR) is 141 cm³/mol. The highest BCUT2D eigenvalue weighted by Crippen LogP contribution is 2.29. The van der Waals surface area contributed by atoms with Crippen LogP contribution in [0.15, 0.2) is 133 Å². The van der Waals surface area contributed by atoms with E-state index in [9.17, 15) is 0 Å². The van der Waals surface area contributed by atoms with Crippen molar-refractivity contribution in [2.75, 3.05) is 0 Å². The smallest absolute Gasteiger partial charge is 0.0774 e. The molecule has 4 aromatic carbocycles. The molecule has 1 atom stereocenters. The summed E-state index contributed by atoms with van der Waals surface area (Å²) in [6.45, 7) is 6.75. The lowest BCUT2D eigenvalue weighted by Crippen LogP contribution is -2.11. The molecule has 0 bridgehead atoms. The third-order valence-electron chi connectivity index (χ3n) is 5.87. The van der Waals surface area contributed by atoms with Gasteiger partial charge < -0.3 is 0 Å². The molecule has 4 aromatic rings. The molecule has 4 rings (SSSR count). The van der Waals surface area contributed by atoms with Crippen LogP contribution in [0.3, 0.4) is 0 Å². The van der Waals surface area contributed by atoms with Crippen LogP contribution < -0.4 is 0 Å². The van der Waals surface area contributed by atoms with E-state index >= 15 is 0 Å². The Hall–Kier alpha value is -3.71. The molecule has 0 saturated heterocycles. The number of aliphatic imine (C=N–C) groups is 1. The molecule has 0 heterocycles. The average Bonchev–Trinajstić information content (AvgIpc) is 2.85. The molecule has 0 spiro atoms. The zero-order chi connectivity index (χ0) is 23.1. The van der Waals surface area contributed by atoms with Gasteiger partial charge in [0.15, 0.2) is 0 Å². The van der Waals surface area contributed by atoms with Crippen molar-refractivity contribution in [1.29, 1.82) is 0 Å². The van der Waals surface area contributed by atoms with E-state index < -0.39 is 0 Å². The van der Waals surface area contributed by atoms with E-state index in [0.717, 1.165) is 16.8 Å². The van der Waals surface area contributed by atoms with Crippen LogP contribution in [-0.2, 0) is 5.41 Å². The van der Waals surface area contributed by atoms with Gasteiger partial charge in [-0.05, 0) is 22.1 Å². The number of hydrogen-bond acceptors (Lipinski definition) is 1. The van der Waals surface area contributed by atoms with Crippen molar-refractivity contribution < 1.29 is 0 Å². The predicted octanol–water partition coefficient (Wildman–Crippen LogP) is 8.17. The van der Waals surface area contributed by atoms with Gasteiger partial charge in [0.25, 0.3) is 0 Å². The topological polar surface area (TPSA) is 12.4 Å². The van der Waals surface area contributed by atoms with Crippen LogP contribution in [0, 0.1) is 0 Å². The van der Waals surface area contributed by atoms with Crippen LogP contribution in [0.25, 0.3) is 0 Å². The fourth-order valence-electron chi connectivity index (χ4n) is 3.98. The maximum atomic E-state index is 4.95. The number of rotatable bonds is 6. The third kappa shape index (κ3) is 5.75. The second-order valence-corrected chi connectivity index (χ2v) is 9.31. The normalized spacial score (nSPS) is 12.5. The Morgan fingerprint density at radius 2 is 1.06 bits per heavy atom. The Morgan fingerprint density at radius 1 is 0.606 bits per heavy atom. The summed E-state index contributed by atoms with van der Waals surface area (Å²) in [5.74, 6) is 0.136. The Balaban J connectivity index is 1.72. The third-order valence-corrected chi connectivity index (χ3v) is 5.87. The van der Waals surface area contributed by atoms with E-state index in [1.54, 1.807) is 0 Å². The van der Waals surface area contributed by atoms with Gasteiger partial charge in [-0.3, -0.25) is 4.99 Å². The maximum absolute atomic E-state index is 4.95. The van der Waals surface area contributed by atoms with E-state index in [2.05, 4.69) is 130 Å². The number of benzene rings is 4. The number of allylic oxidation sites excluding steroid dienone is 1. The van der Waals surface area contributed by atoms with Crippen LogP contribution in [0.4, 0.5) is 0 Å². The fourth-order valence-corrected chi connectivity index (χ4v) is 3.98. The summed E-state index contributed by atoms with van der Waals surface area (Å²) in [6.07, 6.45) is 4.16. The first-order chi connectivity index (χ1) is 16.0. The van der Waals surface area contributed by atoms with Gasteiger partial charge in [-0.1, -0.05) is 142 Å². The van der Waals surface area contributed by atoms with E-state index in [-0.39, 0.29) is 11.3 Å². The molecule has 0 N–H and O–H groups in total. The molecule has 0 aliphatic rings. The highest BCUT2D eigenvalue weighted by molar-refractivity contribution is 6.13. The number of nitrogens with zero attached hydrogens (tertiary/aromatic N) is 1. The van der Waals surface area contributed by atoms with Crippen LogP contribution >= 0.6 is 0 Å². The fraction of sp³-hybridized carbons (Fsp3) is 0.156. The standard InChI is InChI=1S/C32H31N/c1-32(2,3)29-21-19-26(20-22-29)30(25-13-7-4-8-14-25)23-24-33-31(27-15-9-5-10-16-27)28-17-11-6-12-18-28/h4-24,30H,1-3H3/b24-23+. The lowest BCUT2D eigenvalue weighted by Gasteiger charge is -2.20. The summed E-state index contributed by atoms with van der Waals surface area (Å²) < 4.78 is 0. The molecular formula is C32H31N. The minimum Gasteiger partial charge on any atom is -0.256 e. The molecule has 0 aliphatic carbocycles. The molecule has 0 saturated carbocycles. The van der Waals surface area contributed by atoms with Gasteiger partial charge in [-0.25, -0.2) is 0 Å². The van der Waals surface area contributed by atoms with Crippen molar-refractivity contribution in [3.8, 4) is 0 Å². The molecule has 1 unspecified atom stereocenters. The van der Waals surface area contributed by atoms with Crippen LogP contribution in [0.5, 0.6) is 0 Å². The van der Waals surface area contributed by atoms with Gasteiger partial charge in [0.05, 0.1) is 5.71 Å². The van der Waals surface area contributed by atoms with Crippen LogP contribution in [0.2, 0.25) is 0 Å². The first-order valence-corrected chi connectivity index (χ1v) is 11.5. The molecule has 0 aromatic heterocycles. The Labute approximate surface area is 198 Å². The highest BCUT2D eigenvalue weighted by atomic mass is 14.7. The van der Waals surface area contributed by atoms with Crippen LogP contribution in [0.1, 0.15) is 54.5 Å². The van der Waals surface area contributed by atoms with Crippen molar-refractivity contribution in [3.05, 3.63) is 155 Å². The van der Waals surface area contributed by atoms with Gasteiger partial charge in [-0.15, -0.1) is 0 Å². The highest BCUT2D eigenvalue weighted by Gasteiger charge is 2.16. The number of hydrogen-bond donors (Lipinski definition) is 0. The Bertz CT molecular complexity index is 1160. The summed E-state index contributed by atoms with van der Waals surface area (Å²) in [5, 5.41) is 0. The first kappa shape index (κ1) is 22.5. The van der Waals surface area contributed by atoms with Gasteiger partial charge in [0, 0.05) is 23.2 Å². The molecule has 1 heteroatoms. The molecule has 33 heavy (non-hydrogen) atoms. The quantitative estimate of drug-likeness (QED) is 0.274. The summed E-state index contributed by atoms with van der Waals surface area (Å²) in [7, 11) is 0. The van der Waals surface area contributed by atoms with Crippen LogP contribution in [-0.4, -0.2) is 5.71 Å². The summed E-state index contributed by atoms with van der Waals surface area (Å²) in [6, 6.07) is 40.4. The zero-order valence-corrected chi connectivity index (χ0v) is 19.6. The minimum atomic E-state index is 0.136. The summed E-state index contributed by atoms with van der Waals surface area (Å²) in [4.78, 5) is 4.95. The SMILES string of the molecule is CC(C)(C)c1ccc(C(/C=C/N=C(c2ccccc2)c2ccccc2)c2ccccc2)cc1. The summed E-state index contributed by atoms with van der Waals surface area (Å²) in [5.41, 5.74) is 7.20. The average molecular weight is 430 g/mol. The lowest BCUT2D eigenvalue weighted by molar-refractivity contribution is 0.590. The molecule has 0 radical (unpaired) electrons. The van der Waals surface area contributed by atoms with E-state index in [4.69, 9.17) is 4.99 Å². The van der Waals surface area contributed by atoms with E-state index in [0.29, 0.717) is 0 Å². The van der Waals surface area contributed by atoms with Gasteiger partial charge in [0.1, 0.15) is 0 Å². The molecule has 0 fully saturated rings. The van der Waals surface area contributed by atoms with Crippen molar-refractivity contribution >= 4 is 5.71 Å². The van der Waals surface area contributed by atoms with Gasteiger partial charge >= 0.3 is 0 Å². The summed E-state index contributed by atoms with van der Waals surface area (Å²) >= 11 is 0. The van der Waals surface area contributed by atoms with Crippen molar-refractivity contribution in [2.45, 2.75) is 32.1 Å². The van der Waals surface area contributed by atoms with Crippen molar-refractivity contribution in [1.82, 2.24) is 0 Å². The molecule has 1 nitrogen and oxygen atoms in total. The Kier molecular flexibility index (Phi) is 7.00. The van der Waals surface area contributed by atoms with Gasteiger partial charge in [-0.2, -0.15) is 0 Å². The maximum Gasteiger partial charge on any atom is 0.0774 e. The molecular weight excluding hydrogens is 398 g/mol. The van der Waals surface area contributed by atoms with Crippen molar-refractivity contribution in [3.63, 3.8) is 0 Å². The minimum absolute atomic E-state index is 0.136. The Morgan fingerprint density at radius 3 is 1.55 bits per heavy atom. The monoisotopic (exact) mass is 429 g/mol.